The normalized spacial score (nSPS) is 15.9. The quantitative estimate of drug-likeness (QED) is 0.853. The van der Waals surface area contributed by atoms with Crippen molar-refractivity contribution in [1.82, 2.24) is 15.1 Å². The highest BCUT2D eigenvalue weighted by Crippen LogP contribution is 2.23. The lowest BCUT2D eigenvalue weighted by Crippen LogP contribution is -2.39. The molecule has 0 aromatic carbocycles. The average Bonchev–Trinajstić information content (AvgIpc) is 2.72. The molecule has 0 aliphatic carbocycles. The molecule has 3 nitrogen and oxygen atoms in total. The van der Waals surface area contributed by atoms with Crippen molar-refractivity contribution in [2.45, 2.75) is 59.5 Å². The van der Waals surface area contributed by atoms with Gasteiger partial charge in [0.1, 0.15) is 0 Å². The van der Waals surface area contributed by atoms with Crippen LogP contribution in [0.2, 0.25) is 0 Å². The van der Waals surface area contributed by atoms with E-state index in [2.05, 4.69) is 58.2 Å². The van der Waals surface area contributed by atoms with Crippen LogP contribution in [-0.2, 0) is 6.54 Å². The third-order valence-electron chi connectivity index (χ3n) is 3.31. The number of hydrogen-bond acceptors (Lipinski definition) is 2. The van der Waals surface area contributed by atoms with Crippen molar-refractivity contribution in [2.75, 3.05) is 6.54 Å². The molecule has 1 N–H and O–H groups in total. The molecule has 0 bridgehead atoms. The highest BCUT2D eigenvalue weighted by molar-refractivity contribution is 5.11. The van der Waals surface area contributed by atoms with Gasteiger partial charge in [0, 0.05) is 18.3 Å². The van der Waals surface area contributed by atoms with E-state index in [1.165, 1.54) is 5.56 Å². The SMILES string of the molecule is CCn1cc(C(C)C(C)CNC(C)(C)C)cn1. The second-order valence-electron chi connectivity index (χ2n) is 6.03. The second kappa shape index (κ2) is 5.67. The van der Waals surface area contributed by atoms with Crippen molar-refractivity contribution in [2.24, 2.45) is 5.92 Å². The van der Waals surface area contributed by atoms with E-state index >= 15 is 0 Å². The first-order valence-electron chi connectivity index (χ1n) is 6.61. The summed E-state index contributed by atoms with van der Waals surface area (Å²) < 4.78 is 2.00. The molecular weight excluding hydrogens is 210 g/mol. The molecular formula is C14H27N3. The molecule has 0 amide bonds. The fourth-order valence-electron chi connectivity index (χ4n) is 1.76. The van der Waals surface area contributed by atoms with Crippen LogP contribution in [0.5, 0.6) is 0 Å². The number of hydrogen-bond donors (Lipinski definition) is 1. The summed E-state index contributed by atoms with van der Waals surface area (Å²) in [5, 5.41) is 7.91. The summed E-state index contributed by atoms with van der Waals surface area (Å²) in [6.07, 6.45) is 4.17. The molecule has 3 heteroatoms. The van der Waals surface area contributed by atoms with E-state index in [4.69, 9.17) is 0 Å². The van der Waals surface area contributed by atoms with Gasteiger partial charge in [-0.2, -0.15) is 5.10 Å². The van der Waals surface area contributed by atoms with Crippen LogP contribution in [0, 0.1) is 5.92 Å². The fourth-order valence-corrected chi connectivity index (χ4v) is 1.76. The van der Waals surface area contributed by atoms with Crippen molar-refractivity contribution in [3.8, 4) is 0 Å². The van der Waals surface area contributed by atoms with Gasteiger partial charge in [-0.15, -0.1) is 0 Å². The number of nitrogens with one attached hydrogen (secondary N) is 1. The Balaban J connectivity index is 2.54. The van der Waals surface area contributed by atoms with Crippen LogP contribution in [0.25, 0.3) is 0 Å². The van der Waals surface area contributed by atoms with E-state index in [-0.39, 0.29) is 5.54 Å². The Morgan fingerprint density at radius 1 is 1.35 bits per heavy atom. The lowest BCUT2D eigenvalue weighted by molar-refractivity contribution is 0.359. The monoisotopic (exact) mass is 237 g/mol. The van der Waals surface area contributed by atoms with Gasteiger partial charge in [0.05, 0.1) is 6.20 Å². The van der Waals surface area contributed by atoms with Crippen LogP contribution >= 0.6 is 0 Å². The minimum atomic E-state index is 0.196. The number of rotatable bonds is 5. The topological polar surface area (TPSA) is 29.9 Å². The van der Waals surface area contributed by atoms with E-state index in [0.29, 0.717) is 11.8 Å². The zero-order valence-electron chi connectivity index (χ0n) is 12.1. The summed E-state index contributed by atoms with van der Waals surface area (Å²) >= 11 is 0. The van der Waals surface area contributed by atoms with E-state index in [1.54, 1.807) is 0 Å². The van der Waals surface area contributed by atoms with Crippen molar-refractivity contribution < 1.29 is 0 Å². The summed E-state index contributed by atoms with van der Waals surface area (Å²) in [7, 11) is 0. The van der Waals surface area contributed by atoms with E-state index in [0.717, 1.165) is 13.1 Å². The second-order valence-corrected chi connectivity index (χ2v) is 6.03. The van der Waals surface area contributed by atoms with Gasteiger partial charge < -0.3 is 5.32 Å². The Morgan fingerprint density at radius 2 is 2.00 bits per heavy atom. The molecule has 0 saturated carbocycles. The van der Waals surface area contributed by atoms with Gasteiger partial charge in [-0.05, 0) is 51.6 Å². The zero-order valence-corrected chi connectivity index (χ0v) is 12.1. The van der Waals surface area contributed by atoms with Crippen LogP contribution in [0.1, 0.15) is 53.0 Å². The van der Waals surface area contributed by atoms with Gasteiger partial charge in [0.15, 0.2) is 0 Å². The molecule has 1 aromatic heterocycles. The minimum absolute atomic E-state index is 0.196. The molecule has 1 heterocycles. The van der Waals surface area contributed by atoms with E-state index < -0.39 is 0 Å². The maximum Gasteiger partial charge on any atom is 0.0524 e. The molecule has 2 unspecified atom stereocenters. The average molecular weight is 237 g/mol. The summed E-state index contributed by atoms with van der Waals surface area (Å²) in [6.45, 7) is 15.3. The predicted octanol–water partition coefficient (Wildman–Crippen LogP) is 3.03. The minimum Gasteiger partial charge on any atom is -0.312 e. The van der Waals surface area contributed by atoms with Crippen molar-refractivity contribution in [1.29, 1.82) is 0 Å². The number of aryl methyl sites for hydroxylation is 1. The number of aromatic nitrogens is 2. The van der Waals surface area contributed by atoms with Gasteiger partial charge in [0.2, 0.25) is 0 Å². The van der Waals surface area contributed by atoms with Crippen molar-refractivity contribution in [3.63, 3.8) is 0 Å². The molecule has 17 heavy (non-hydrogen) atoms. The van der Waals surface area contributed by atoms with E-state index in [1.807, 2.05) is 10.9 Å². The van der Waals surface area contributed by atoms with E-state index in [9.17, 15) is 0 Å². The molecule has 0 spiro atoms. The van der Waals surface area contributed by atoms with Gasteiger partial charge in [-0.3, -0.25) is 4.68 Å². The first-order valence-corrected chi connectivity index (χ1v) is 6.61. The molecule has 0 aliphatic rings. The zero-order chi connectivity index (χ0) is 13.1. The van der Waals surface area contributed by atoms with Crippen LogP contribution in [-0.4, -0.2) is 21.9 Å². The Hall–Kier alpha value is -0.830. The fraction of sp³-hybridized carbons (Fsp3) is 0.786. The highest BCUT2D eigenvalue weighted by Gasteiger charge is 2.18. The van der Waals surface area contributed by atoms with Gasteiger partial charge in [0.25, 0.3) is 0 Å². The third-order valence-corrected chi connectivity index (χ3v) is 3.31. The third kappa shape index (κ3) is 4.50. The smallest absolute Gasteiger partial charge is 0.0524 e. The standard InChI is InChI=1S/C14H27N3/c1-7-17-10-13(9-16-17)12(3)11(2)8-15-14(4,5)6/h9-12,15H,7-8H2,1-6H3. The summed E-state index contributed by atoms with van der Waals surface area (Å²) in [5.41, 5.74) is 1.54. The van der Waals surface area contributed by atoms with Crippen molar-refractivity contribution >= 4 is 0 Å². The lowest BCUT2D eigenvalue weighted by atomic mass is 9.90. The van der Waals surface area contributed by atoms with Crippen molar-refractivity contribution in [3.05, 3.63) is 18.0 Å². The Kier molecular flexibility index (Phi) is 4.75. The molecule has 0 radical (unpaired) electrons. The van der Waals surface area contributed by atoms with Crippen LogP contribution < -0.4 is 5.32 Å². The lowest BCUT2D eigenvalue weighted by Gasteiger charge is -2.26. The predicted molar refractivity (Wildman–Crippen MR) is 73.2 cm³/mol. The summed E-state index contributed by atoms with van der Waals surface area (Å²) in [4.78, 5) is 0. The Morgan fingerprint density at radius 3 is 2.47 bits per heavy atom. The first-order chi connectivity index (χ1) is 7.83. The Bertz CT molecular complexity index is 335. The largest absolute Gasteiger partial charge is 0.312 e. The van der Waals surface area contributed by atoms with Crippen LogP contribution in [0.15, 0.2) is 12.4 Å². The molecule has 0 fully saturated rings. The molecule has 1 rings (SSSR count). The molecule has 0 saturated heterocycles. The maximum atomic E-state index is 4.34. The maximum absolute atomic E-state index is 4.34. The number of nitrogens with zero attached hydrogens (tertiary/aromatic N) is 2. The molecule has 98 valence electrons. The molecule has 0 aliphatic heterocycles. The van der Waals surface area contributed by atoms with Gasteiger partial charge in [-0.25, -0.2) is 0 Å². The molecule has 1 aromatic rings. The molecule has 2 atom stereocenters. The summed E-state index contributed by atoms with van der Waals surface area (Å²) in [5.74, 6) is 1.16. The highest BCUT2D eigenvalue weighted by atomic mass is 15.3. The first kappa shape index (κ1) is 14.2. The van der Waals surface area contributed by atoms with Crippen LogP contribution in [0.3, 0.4) is 0 Å². The van der Waals surface area contributed by atoms with Gasteiger partial charge >= 0.3 is 0 Å². The summed E-state index contributed by atoms with van der Waals surface area (Å²) in [6, 6.07) is 0. The Labute approximate surface area is 106 Å². The van der Waals surface area contributed by atoms with Gasteiger partial charge in [-0.1, -0.05) is 13.8 Å². The van der Waals surface area contributed by atoms with Crippen LogP contribution in [0.4, 0.5) is 0 Å².